The van der Waals surface area contributed by atoms with Crippen LogP contribution in [0.5, 0.6) is 0 Å². The summed E-state index contributed by atoms with van der Waals surface area (Å²) in [4.78, 5) is 9.31. The highest BCUT2D eigenvalue weighted by molar-refractivity contribution is 5.77. The van der Waals surface area contributed by atoms with Crippen LogP contribution in [0, 0.1) is 13.8 Å². The highest BCUT2D eigenvalue weighted by Gasteiger charge is 2.15. The molecule has 1 aromatic carbocycles. The van der Waals surface area contributed by atoms with Crippen molar-refractivity contribution < 1.29 is 0 Å². The van der Waals surface area contributed by atoms with E-state index in [-0.39, 0.29) is 0 Å². The fourth-order valence-electron chi connectivity index (χ4n) is 3.12. The van der Waals surface area contributed by atoms with Crippen molar-refractivity contribution in [3.05, 3.63) is 41.9 Å². The minimum absolute atomic E-state index is 0.782. The topological polar surface area (TPSA) is 69.6 Å². The fourth-order valence-corrected chi connectivity index (χ4v) is 3.12. The Morgan fingerprint density at radius 2 is 1.75 bits per heavy atom. The molecule has 0 atom stereocenters. The Balaban J connectivity index is 1.82. The number of aryl methyl sites for hydroxylation is 2. The largest absolute Gasteiger partial charge is 0.330 e. The van der Waals surface area contributed by atoms with Gasteiger partial charge in [0.2, 0.25) is 0 Å². The molecule has 126 valence electrons. The maximum absolute atomic E-state index is 5.54. The Morgan fingerprint density at radius 3 is 2.54 bits per heavy atom. The number of rotatable bonds is 7. The minimum atomic E-state index is 0.782. The van der Waals surface area contributed by atoms with Crippen LogP contribution in [0.25, 0.3) is 22.3 Å². The van der Waals surface area contributed by atoms with Crippen LogP contribution >= 0.6 is 0 Å². The molecule has 2 N–H and O–H groups in total. The third-order valence-electron chi connectivity index (χ3n) is 4.41. The summed E-state index contributed by atoms with van der Waals surface area (Å²) in [5.74, 6) is 0. The molecule has 0 bridgehead atoms. The second-order valence-electron chi connectivity index (χ2n) is 6.22. The van der Waals surface area contributed by atoms with E-state index in [0.717, 1.165) is 59.6 Å². The van der Waals surface area contributed by atoms with E-state index in [1.165, 1.54) is 12.8 Å². The average Bonchev–Trinajstić information content (AvgIpc) is 2.88. The van der Waals surface area contributed by atoms with Crippen LogP contribution in [-0.4, -0.2) is 26.3 Å². The first-order valence-corrected chi connectivity index (χ1v) is 8.67. The average molecular weight is 323 g/mol. The van der Waals surface area contributed by atoms with Crippen LogP contribution in [0.2, 0.25) is 0 Å². The lowest BCUT2D eigenvalue weighted by atomic mass is 10.1. The lowest BCUT2D eigenvalue weighted by Gasteiger charge is -2.06. The van der Waals surface area contributed by atoms with E-state index in [1.807, 2.05) is 37.4 Å². The van der Waals surface area contributed by atoms with Gasteiger partial charge in [-0.15, -0.1) is 0 Å². The normalized spacial score (nSPS) is 11.3. The lowest BCUT2D eigenvalue weighted by molar-refractivity contribution is 0.526. The van der Waals surface area contributed by atoms with Gasteiger partial charge in [-0.05, 0) is 45.4 Å². The van der Waals surface area contributed by atoms with Crippen molar-refractivity contribution >= 4 is 11.0 Å². The van der Waals surface area contributed by atoms with E-state index in [1.54, 1.807) is 0 Å². The van der Waals surface area contributed by atoms with Crippen LogP contribution in [0.3, 0.4) is 0 Å². The second kappa shape index (κ2) is 7.53. The molecular formula is C19H25N5. The third-order valence-corrected chi connectivity index (χ3v) is 4.41. The molecule has 0 spiro atoms. The standard InChI is InChI=1S/C19H25N5/c1-14-19(15(2)24(23-14)12-8-4-3-7-11-20)18-13-21-16-9-5-6-10-17(16)22-18/h5-6,9-10,13H,3-4,7-8,11-12,20H2,1-2H3. The summed E-state index contributed by atoms with van der Waals surface area (Å²) in [6, 6.07) is 7.95. The third kappa shape index (κ3) is 3.46. The molecule has 5 nitrogen and oxygen atoms in total. The van der Waals surface area contributed by atoms with E-state index in [0.29, 0.717) is 0 Å². The Morgan fingerprint density at radius 1 is 1.00 bits per heavy atom. The number of aromatic nitrogens is 4. The number of nitrogens with two attached hydrogens (primary N) is 1. The number of benzene rings is 1. The van der Waals surface area contributed by atoms with Gasteiger partial charge in [0.05, 0.1) is 28.6 Å². The molecule has 0 aliphatic rings. The number of hydrogen-bond donors (Lipinski definition) is 1. The zero-order valence-corrected chi connectivity index (χ0v) is 14.5. The molecule has 2 heterocycles. The molecule has 2 aromatic heterocycles. The van der Waals surface area contributed by atoms with Crippen LogP contribution in [-0.2, 0) is 6.54 Å². The smallest absolute Gasteiger partial charge is 0.0930 e. The second-order valence-corrected chi connectivity index (χ2v) is 6.22. The molecule has 3 rings (SSSR count). The molecule has 0 saturated carbocycles. The van der Waals surface area contributed by atoms with Gasteiger partial charge in [-0.1, -0.05) is 25.0 Å². The van der Waals surface area contributed by atoms with Gasteiger partial charge in [-0.25, -0.2) is 4.98 Å². The summed E-state index contributed by atoms with van der Waals surface area (Å²) in [5.41, 5.74) is 11.6. The molecule has 0 fully saturated rings. The van der Waals surface area contributed by atoms with E-state index >= 15 is 0 Å². The lowest BCUT2D eigenvalue weighted by Crippen LogP contribution is -2.03. The van der Waals surface area contributed by atoms with Crippen molar-refractivity contribution in [2.75, 3.05) is 6.54 Å². The molecular weight excluding hydrogens is 298 g/mol. The molecule has 24 heavy (non-hydrogen) atoms. The Bertz CT molecular complexity index is 822. The van der Waals surface area contributed by atoms with Crippen molar-refractivity contribution in [1.29, 1.82) is 0 Å². The predicted octanol–water partition coefficient (Wildman–Crippen LogP) is 3.63. The zero-order valence-electron chi connectivity index (χ0n) is 14.5. The van der Waals surface area contributed by atoms with Gasteiger partial charge in [0.25, 0.3) is 0 Å². The van der Waals surface area contributed by atoms with Gasteiger partial charge in [0.15, 0.2) is 0 Å². The van der Waals surface area contributed by atoms with Crippen molar-refractivity contribution in [3.8, 4) is 11.3 Å². The van der Waals surface area contributed by atoms with Crippen LogP contribution in [0.4, 0.5) is 0 Å². The Hall–Kier alpha value is -2.27. The Kier molecular flexibility index (Phi) is 5.20. The van der Waals surface area contributed by atoms with Crippen LogP contribution < -0.4 is 5.73 Å². The number of unbranched alkanes of at least 4 members (excludes halogenated alkanes) is 3. The zero-order chi connectivity index (χ0) is 16.9. The van der Waals surface area contributed by atoms with E-state index in [9.17, 15) is 0 Å². The molecule has 0 unspecified atom stereocenters. The van der Waals surface area contributed by atoms with Gasteiger partial charge < -0.3 is 5.73 Å². The molecule has 0 saturated heterocycles. The predicted molar refractivity (Wildman–Crippen MR) is 97.8 cm³/mol. The maximum atomic E-state index is 5.54. The van der Waals surface area contributed by atoms with Crippen molar-refractivity contribution in [2.24, 2.45) is 5.73 Å². The monoisotopic (exact) mass is 323 g/mol. The quantitative estimate of drug-likeness (QED) is 0.674. The number of fused-ring (bicyclic) bond motifs is 1. The first-order chi connectivity index (χ1) is 11.7. The summed E-state index contributed by atoms with van der Waals surface area (Å²) in [7, 11) is 0. The molecule has 0 aliphatic carbocycles. The van der Waals surface area contributed by atoms with Gasteiger partial charge in [0.1, 0.15) is 0 Å². The van der Waals surface area contributed by atoms with Crippen LogP contribution in [0.15, 0.2) is 30.5 Å². The molecule has 0 amide bonds. The van der Waals surface area contributed by atoms with Gasteiger partial charge >= 0.3 is 0 Å². The highest BCUT2D eigenvalue weighted by Crippen LogP contribution is 2.26. The first-order valence-electron chi connectivity index (χ1n) is 8.67. The molecule has 0 aliphatic heterocycles. The summed E-state index contributed by atoms with van der Waals surface area (Å²) in [5, 5.41) is 4.71. The fraction of sp³-hybridized carbons (Fsp3) is 0.421. The summed E-state index contributed by atoms with van der Waals surface area (Å²) in [6.45, 7) is 5.89. The van der Waals surface area contributed by atoms with E-state index in [4.69, 9.17) is 15.8 Å². The number of hydrogen-bond acceptors (Lipinski definition) is 4. The summed E-state index contributed by atoms with van der Waals surface area (Å²) >= 11 is 0. The SMILES string of the molecule is Cc1nn(CCCCCCN)c(C)c1-c1cnc2ccccc2n1. The van der Waals surface area contributed by atoms with Crippen molar-refractivity contribution in [2.45, 2.75) is 46.1 Å². The molecule has 0 radical (unpaired) electrons. The van der Waals surface area contributed by atoms with Gasteiger partial charge in [-0.3, -0.25) is 9.67 Å². The maximum Gasteiger partial charge on any atom is 0.0930 e. The first kappa shape index (κ1) is 16.6. The summed E-state index contributed by atoms with van der Waals surface area (Å²) in [6.07, 6.45) is 6.48. The van der Waals surface area contributed by atoms with E-state index in [2.05, 4.69) is 16.6 Å². The van der Waals surface area contributed by atoms with Gasteiger partial charge in [-0.2, -0.15) is 5.10 Å². The van der Waals surface area contributed by atoms with E-state index < -0.39 is 0 Å². The van der Waals surface area contributed by atoms with Crippen molar-refractivity contribution in [3.63, 3.8) is 0 Å². The van der Waals surface area contributed by atoms with Gasteiger partial charge in [0, 0.05) is 17.8 Å². The molecule has 3 aromatic rings. The Labute approximate surface area is 142 Å². The van der Waals surface area contributed by atoms with Crippen molar-refractivity contribution in [1.82, 2.24) is 19.7 Å². The number of nitrogens with zero attached hydrogens (tertiary/aromatic N) is 4. The number of para-hydroxylation sites is 2. The highest BCUT2D eigenvalue weighted by atomic mass is 15.3. The molecule has 5 heteroatoms. The minimum Gasteiger partial charge on any atom is -0.330 e. The van der Waals surface area contributed by atoms with Crippen LogP contribution in [0.1, 0.15) is 37.1 Å². The summed E-state index contributed by atoms with van der Waals surface area (Å²) < 4.78 is 2.10.